The molecule has 136 valence electrons. The minimum atomic E-state index is 0.396. The summed E-state index contributed by atoms with van der Waals surface area (Å²) in [6.07, 6.45) is 5.41. The molecule has 2 aromatic heterocycles. The second-order valence-electron chi connectivity index (χ2n) is 6.63. The Balaban J connectivity index is 1.18. The van der Waals surface area contributed by atoms with Gasteiger partial charge in [-0.1, -0.05) is 30.3 Å². The van der Waals surface area contributed by atoms with Crippen molar-refractivity contribution in [2.45, 2.75) is 18.9 Å². The molecule has 1 saturated heterocycles. The maximum atomic E-state index is 5.81. The van der Waals surface area contributed by atoms with Crippen molar-refractivity contribution in [3.05, 3.63) is 48.4 Å². The molecule has 2 N–H and O–H groups in total. The molecule has 3 heterocycles. The molecule has 0 radical (unpaired) electrons. The Hall–Kier alpha value is -2.51. The van der Waals surface area contributed by atoms with E-state index in [2.05, 4.69) is 54.6 Å². The van der Waals surface area contributed by atoms with Crippen LogP contribution >= 0.6 is 0 Å². The summed E-state index contributed by atoms with van der Waals surface area (Å²) in [5.74, 6) is 0.856. The third kappa shape index (κ3) is 4.17. The fraction of sp³-hybridized carbons (Fsp3) is 0.421. The molecule has 0 aliphatic carbocycles. The third-order valence-corrected chi connectivity index (χ3v) is 4.79. The van der Waals surface area contributed by atoms with Crippen LogP contribution in [0.4, 0.5) is 5.82 Å². The minimum absolute atomic E-state index is 0.396. The van der Waals surface area contributed by atoms with E-state index in [1.165, 1.54) is 5.56 Å². The fourth-order valence-electron chi connectivity index (χ4n) is 3.36. The highest BCUT2D eigenvalue weighted by molar-refractivity contribution is 5.85. The van der Waals surface area contributed by atoms with Gasteiger partial charge in [0.1, 0.15) is 12.1 Å². The van der Waals surface area contributed by atoms with Gasteiger partial charge in [0.05, 0.1) is 24.8 Å². The Labute approximate surface area is 152 Å². The first-order chi connectivity index (χ1) is 12.9. The molecule has 4 rings (SSSR count). The van der Waals surface area contributed by atoms with E-state index in [0.717, 1.165) is 62.5 Å². The summed E-state index contributed by atoms with van der Waals surface area (Å²) in [5.41, 5.74) is 2.09. The van der Waals surface area contributed by atoms with Crippen LogP contribution in [0.5, 0.6) is 0 Å². The molecule has 0 saturated carbocycles. The van der Waals surface area contributed by atoms with Gasteiger partial charge in [0.2, 0.25) is 0 Å². The molecule has 1 aliphatic rings. The van der Waals surface area contributed by atoms with Gasteiger partial charge in [-0.15, -0.1) is 0 Å². The van der Waals surface area contributed by atoms with E-state index in [0.29, 0.717) is 6.04 Å². The highest BCUT2D eigenvalue weighted by Gasteiger charge is 2.23. The number of aromatic amines is 1. The van der Waals surface area contributed by atoms with E-state index in [4.69, 9.17) is 4.74 Å². The summed E-state index contributed by atoms with van der Waals surface area (Å²) in [4.78, 5) is 11.0. The molecule has 7 heteroatoms. The summed E-state index contributed by atoms with van der Waals surface area (Å²) in [6, 6.07) is 10.9. The van der Waals surface area contributed by atoms with E-state index in [1.807, 2.05) is 6.07 Å². The van der Waals surface area contributed by atoms with Crippen LogP contribution in [0.1, 0.15) is 12.0 Å². The van der Waals surface area contributed by atoms with Crippen LogP contribution in [0, 0.1) is 0 Å². The predicted molar refractivity (Wildman–Crippen MR) is 101 cm³/mol. The van der Waals surface area contributed by atoms with Gasteiger partial charge < -0.3 is 10.1 Å². The number of ether oxygens (including phenoxy) is 1. The Morgan fingerprint density at radius 3 is 3.04 bits per heavy atom. The number of anilines is 1. The Bertz CT molecular complexity index is 821. The zero-order valence-electron chi connectivity index (χ0n) is 14.8. The molecule has 0 amide bonds. The minimum Gasteiger partial charge on any atom is -0.380 e. The maximum absolute atomic E-state index is 5.81. The molecule has 1 fully saturated rings. The van der Waals surface area contributed by atoms with Gasteiger partial charge >= 0.3 is 0 Å². The van der Waals surface area contributed by atoms with Gasteiger partial charge in [0.25, 0.3) is 0 Å². The highest BCUT2D eigenvalue weighted by atomic mass is 16.5. The van der Waals surface area contributed by atoms with Crippen molar-refractivity contribution in [1.82, 2.24) is 25.1 Å². The number of nitrogens with one attached hydrogen (secondary N) is 2. The number of likely N-dealkylation sites (tertiary alicyclic amines) is 1. The number of H-pyrrole nitrogens is 1. The summed E-state index contributed by atoms with van der Waals surface area (Å²) in [7, 11) is 0. The summed E-state index contributed by atoms with van der Waals surface area (Å²) < 4.78 is 5.81. The summed E-state index contributed by atoms with van der Waals surface area (Å²) in [5, 5.41) is 11.4. The molecule has 1 aliphatic heterocycles. The molecule has 7 nitrogen and oxygen atoms in total. The first kappa shape index (κ1) is 16.9. The zero-order chi connectivity index (χ0) is 17.6. The number of aromatic nitrogens is 4. The third-order valence-electron chi connectivity index (χ3n) is 4.79. The van der Waals surface area contributed by atoms with E-state index in [9.17, 15) is 0 Å². The lowest BCUT2D eigenvalue weighted by molar-refractivity contribution is 0.113. The van der Waals surface area contributed by atoms with Gasteiger partial charge in [-0.25, -0.2) is 9.97 Å². The number of hydrogen-bond acceptors (Lipinski definition) is 6. The topological polar surface area (TPSA) is 79.0 Å². The van der Waals surface area contributed by atoms with Crippen LogP contribution < -0.4 is 5.32 Å². The highest BCUT2D eigenvalue weighted by Crippen LogP contribution is 2.20. The van der Waals surface area contributed by atoms with Gasteiger partial charge in [0.15, 0.2) is 5.65 Å². The SMILES string of the molecule is c1ccc(CCOCCN2CCC(Nc3ncnc4[nH]ncc34)C2)cc1. The van der Waals surface area contributed by atoms with Gasteiger partial charge in [0, 0.05) is 25.7 Å². The van der Waals surface area contributed by atoms with Gasteiger partial charge in [-0.3, -0.25) is 10.00 Å². The smallest absolute Gasteiger partial charge is 0.160 e. The standard InChI is InChI=1S/C19H24N6O/c1-2-4-15(5-3-1)7-10-26-11-9-25-8-6-16(13-25)23-18-17-12-22-24-19(17)21-14-20-18/h1-5,12,14,16H,6-11,13H2,(H2,20,21,22,23,24). The first-order valence-corrected chi connectivity index (χ1v) is 9.13. The van der Waals surface area contributed by atoms with E-state index in [1.54, 1.807) is 12.5 Å². The van der Waals surface area contributed by atoms with Crippen LogP contribution in [0.2, 0.25) is 0 Å². The molecular weight excluding hydrogens is 328 g/mol. The van der Waals surface area contributed by atoms with Crippen molar-refractivity contribution in [3.8, 4) is 0 Å². The number of nitrogens with zero attached hydrogens (tertiary/aromatic N) is 4. The van der Waals surface area contributed by atoms with Crippen LogP contribution in [0.3, 0.4) is 0 Å². The second-order valence-corrected chi connectivity index (χ2v) is 6.63. The molecule has 0 bridgehead atoms. The van der Waals surface area contributed by atoms with Gasteiger partial charge in [-0.05, 0) is 18.4 Å². The van der Waals surface area contributed by atoms with Crippen LogP contribution in [-0.2, 0) is 11.2 Å². The summed E-state index contributed by atoms with van der Waals surface area (Å²) >= 11 is 0. The van der Waals surface area contributed by atoms with Crippen molar-refractivity contribution in [2.24, 2.45) is 0 Å². The average Bonchev–Trinajstić information content (AvgIpc) is 3.32. The predicted octanol–water partition coefficient (Wildman–Crippen LogP) is 2.10. The lowest BCUT2D eigenvalue weighted by atomic mass is 10.2. The molecular formula is C19H24N6O. The fourth-order valence-corrected chi connectivity index (χ4v) is 3.36. The number of benzene rings is 1. The van der Waals surface area contributed by atoms with Crippen molar-refractivity contribution < 1.29 is 4.74 Å². The average molecular weight is 352 g/mol. The first-order valence-electron chi connectivity index (χ1n) is 9.13. The normalized spacial score (nSPS) is 17.8. The van der Waals surface area contributed by atoms with Gasteiger partial charge in [-0.2, -0.15) is 5.10 Å². The van der Waals surface area contributed by atoms with E-state index in [-0.39, 0.29) is 0 Å². The molecule has 0 spiro atoms. The molecule has 3 aromatic rings. The van der Waals surface area contributed by atoms with Crippen LogP contribution in [0.25, 0.3) is 11.0 Å². The number of fused-ring (bicyclic) bond motifs is 1. The van der Waals surface area contributed by atoms with Crippen LogP contribution in [-0.4, -0.2) is 64.0 Å². The second kappa shape index (κ2) is 8.25. The Morgan fingerprint density at radius 2 is 2.12 bits per heavy atom. The Morgan fingerprint density at radius 1 is 1.19 bits per heavy atom. The molecule has 26 heavy (non-hydrogen) atoms. The van der Waals surface area contributed by atoms with E-state index < -0.39 is 0 Å². The van der Waals surface area contributed by atoms with Crippen molar-refractivity contribution >= 4 is 16.9 Å². The van der Waals surface area contributed by atoms with Crippen molar-refractivity contribution in [1.29, 1.82) is 0 Å². The molecule has 1 unspecified atom stereocenters. The lowest BCUT2D eigenvalue weighted by Crippen LogP contribution is -2.29. The number of rotatable bonds is 8. The lowest BCUT2D eigenvalue weighted by Gasteiger charge is -2.17. The van der Waals surface area contributed by atoms with E-state index >= 15 is 0 Å². The van der Waals surface area contributed by atoms with Crippen LogP contribution in [0.15, 0.2) is 42.9 Å². The van der Waals surface area contributed by atoms with Crippen molar-refractivity contribution in [2.75, 3.05) is 38.2 Å². The quantitative estimate of drug-likeness (QED) is 0.605. The monoisotopic (exact) mass is 352 g/mol. The molecule has 1 atom stereocenters. The maximum Gasteiger partial charge on any atom is 0.160 e. The van der Waals surface area contributed by atoms with Crippen molar-refractivity contribution in [3.63, 3.8) is 0 Å². The largest absolute Gasteiger partial charge is 0.380 e. The number of hydrogen-bond donors (Lipinski definition) is 2. The molecule has 1 aromatic carbocycles. The summed E-state index contributed by atoms with van der Waals surface area (Å²) in [6.45, 7) is 4.61. The Kier molecular flexibility index (Phi) is 5.37. The zero-order valence-corrected chi connectivity index (χ0v) is 14.8.